The Bertz CT molecular complexity index is 909. The molecule has 1 N–H and O–H groups in total. The topological polar surface area (TPSA) is 86.1 Å². The molecule has 0 radical (unpaired) electrons. The highest BCUT2D eigenvalue weighted by molar-refractivity contribution is 5.92. The zero-order chi connectivity index (χ0) is 19.9. The third-order valence-corrected chi connectivity index (χ3v) is 4.31. The molecule has 0 aliphatic carbocycles. The molecular weight excluding hydrogens is 356 g/mol. The Morgan fingerprint density at radius 1 is 1.07 bits per heavy atom. The number of ether oxygens (including phenoxy) is 1. The van der Waals surface area contributed by atoms with Crippen molar-refractivity contribution in [2.45, 2.75) is 32.5 Å². The van der Waals surface area contributed by atoms with E-state index >= 15 is 0 Å². The van der Waals surface area contributed by atoms with E-state index in [1.54, 1.807) is 30.1 Å². The predicted octanol–water partition coefficient (Wildman–Crippen LogP) is 2.75. The lowest BCUT2D eigenvalue weighted by atomic mass is 10.1. The highest BCUT2D eigenvalue weighted by Gasteiger charge is 2.20. The van der Waals surface area contributed by atoms with Crippen LogP contribution in [-0.2, 0) is 16.1 Å². The number of benzene rings is 2. The number of carbonyl (C=O) groups is 2. The molecule has 1 amide bonds. The van der Waals surface area contributed by atoms with Crippen LogP contribution in [0, 0.1) is 0 Å². The molecule has 2 atom stereocenters. The summed E-state index contributed by atoms with van der Waals surface area (Å²) >= 11 is 0. The molecule has 0 aliphatic heterocycles. The summed E-state index contributed by atoms with van der Waals surface area (Å²) < 4.78 is 6.99. The fraction of sp³-hybridized carbons (Fsp3) is 0.238. The van der Waals surface area contributed by atoms with Crippen LogP contribution in [0.1, 0.15) is 41.4 Å². The van der Waals surface area contributed by atoms with E-state index in [1.807, 2.05) is 49.4 Å². The van der Waals surface area contributed by atoms with Crippen molar-refractivity contribution in [3.05, 3.63) is 83.9 Å². The largest absolute Gasteiger partial charge is 0.449 e. The minimum absolute atomic E-state index is 0.175. The summed E-state index contributed by atoms with van der Waals surface area (Å²) in [5.41, 5.74) is 2.35. The summed E-state index contributed by atoms with van der Waals surface area (Å²) in [5, 5.41) is 6.90. The van der Waals surface area contributed by atoms with E-state index in [2.05, 4.69) is 15.4 Å². The number of hydrogen-bond acceptors (Lipinski definition) is 5. The molecule has 144 valence electrons. The maximum atomic E-state index is 12.3. The minimum atomic E-state index is -0.895. The van der Waals surface area contributed by atoms with Crippen LogP contribution < -0.4 is 5.32 Å². The van der Waals surface area contributed by atoms with Crippen LogP contribution in [0.25, 0.3) is 0 Å². The molecule has 0 aliphatic rings. The van der Waals surface area contributed by atoms with Gasteiger partial charge in [0.25, 0.3) is 5.91 Å². The fourth-order valence-corrected chi connectivity index (χ4v) is 2.69. The first-order valence-electron chi connectivity index (χ1n) is 9.00. The molecule has 7 heteroatoms. The molecule has 0 bridgehead atoms. The smallest absolute Gasteiger partial charge is 0.338 e. The number of nitrogens with zero attached hydrogens (tertiary/aromatic N) is 3. The average molecular weight is 378 g/mol. The molecule has 0 spiro atoms. The van der Waals surface area contributed by atoms with Crippen molar-refractivity contribution in [2.24, 2.45) is 0 Å². The molecule has 1 heterocycles. The molecule has 0 fully saturated rings. The SMILES string of the molecule is CC(OC(=O)c1ccc(Cn2cncn2)cc1)C(=O)NC(C)c1ccccc1. The van der Waals surface area contributed by atoms with Gasteiger partial charge in [0.2, 0.25) is 0 Å². The van der Waals surface area contributed by atoms with E-state index < -0.39 is 12.1 Å². The highest BCUT2D eigenvalue weighted by atomic mass is 16.5. The van der Waals surface area contributed by atoms with Gasteiger partial charge in [-0.1, -0.05) is 42.5 Å². The Morgan fingerprint density at radius 2 is 1.79 bits per heavy atom. The second kappa shape index (κ2) is 8.94. The molecular formula is C21H22N4O3. The van der Waals surface area contributed by atoms with Gasteiger partial charge in [-0.25, -0.2) is 14.5 Å². The summed E-state index contributed by atoms with van der Waals surface area (Å²) in [4.78, 5) is 28.5. The first-order valence-corrected chi connectivity index (χ1v) is 9.00. The molecule has 1 aromatic heterocycles. The Balaban J connectivity index is 1.53. The Kier molecular flexibility index (Phi) is 6.16. The second-order valence-corrected chi connectivity index (χ2v) is 6.48. The fourth-order valence-electron chi connectivity index (χ4n) is 2.69. The lowest BCUT2D eigenvalue weighted by molar-refractivity contribution is -0.129. The van der Waals surface area contributed by atoms with Crippen molar-refractivity contribution in [3.63, 3.8) is 0 Å². The van der Waals surface area contributed by atoms with Gasteiger partial charge in [0, 0.05) is 0 Å². The number of rotatable bonds is 7. The van der Waals surface area contributed by atoms with Crippen LogP contribution >= 0.6 is 0 Å². The van der Waals surface area contributed by atoms with E-state index in [4.69, 9.17) is 4.74 Å². The molecule has 3 rings (SSSR count). The minimum Gasteiger partial charge on any atom is -0.449 e. The lowest BCUT2D eigenvalue weighted by Crippen LogP contribution is -2.37. The quantitative estimate of drug-likeness (QED) is 0.639. The van der Waals surface area contributed by atoms with Crippen molar-refractivity contribution in [3.8, 4) is 0 Å². The van der Waals surface area contributed by atoms with E-state index in [0.29, 0.717) is 12.1 Å². The second-order valence-electron chi connectivity index (χ2n) is 6.48. The Hall–Kier alpha value is -3.48. The normalized spacial score (nSPS) is 12.8. The maximum absolute atomic E-state index is 12.3. The molecule has 2 unspecified atom stereocenters. The number of nitrogens with one attached hydrogen (secondary N) is 1. The number of esters is 1. The summed E-state index contributed by atoms with van der Waals surface area (Å²) in [6, 6.07) is 16.4. The monoisotopic (exact) mass is 378 g/mol. The van der Waals surface area contributed by atoms with E-state index in [9.17, 15) is 9.59 Å². The van der Waals surface area contributed by atoms with Crippen molar-refractivity contribution < 1.29 is 14.3 Å². The van der Waals surface area contributed by atoms with Crippen LogP contribution in [0.15, 0.2) is 67.3 Å². The number of hydrogen-bond donors (Lipinski definition) is 1. The van der Waals surface area contributed by atoms with E-state index in [1.165, 1.54) is 6.33 Å². The summed E-state index contributed by atoms with van der Waals surface area (Å²) in [6.45, 7) is 4.01. The Morgan fingerprint density at radius 3 is 2.43 bits per heavy atom. The van der Waals surface area contributed by atoms with Gasteiger partial charge in [-0.05, 0) is 37.1 Å². The van der Waals surface area contributed by atoms with Crippen LogP contribution in [0.4, 0.5) is 0 Å². The third-order valence-electron chi connectivity index (χ3n) is 4.31. The first kappa shape index (κ1) is 19.3. The summed E-state index contributed by atoms with van der Waals surface area (Å²) in [5.74, 6) is -0.880. The lowest BCUT2D eigenvalue weighted by Gasteiger charge is -2.18. The number of amides is 1. The summed E-state index contributed by atoms with van der Waals surface area (Å²) in [6.07, 6.45) is 2.20. The van der Waals surface area contributed by atoms with Crippen molar-refractivity contribution in [1.82, 2.24) is 20.1 Å². The van der Waals surface area contributed by atoms with Crippen molar-refractivity contribution in [2.75, 3.05) is 0 Å². The van der Waals surface area contributed by atoms with Gasteiger partial charge in [-0.15, -0.1) is 0 Å². The standard InChI is InChI=1S/C21H22N4O3/c1-15(18-6-4-3-5-7-18)24-20(26)16(2)28-21(27)19-10-8-17(9-11-19)12-25-14-22-13-23-25/h3-11,13-16H,12H2,1-2H3,(H,24,26). The van der Waals surface area contributed by atoms with Gasteiger partial charge >= 0.3 is 5.97 Å². The zero-order valence-electron chi connectivity index (χ0n) is 15.8. The molecule has 2 aromatic carbocycles. The van der Waals surface area contributed by atoms with Gasteiger partial charge in [0.05, 0.1) is 18.2 Å². The van der Waals surface area contributed by atoms with Gasteiger partial charge in [0.1, 0.15) is 12.7 Å². The molecule has 3 aromatic rings. The van der Waals surface area contributed by atoms with Crippen LogP contribution in [0.3, 0.4) is 0 Å². The number of aromatic nitrogens is 3. The number of carbonyl (C=O) groups excluding carboxylic acids is 2. The van der Waals surface area contributed by atoms with Gasteiger partial charge in [-0.2, -0.15) is 5.10 Å². The molecule has 7 nitrogen and oxygen atoms in total. The van der Waals surface area contributed by atoms with Gasteiger partial charge < -0.3 is 10.1 Å². The van der Waals surface area contributed by atoms with Gasteiger partial charge in [0.15, 0.2) is 6.10 Å². The van der Waals surface area contributed by atoms with E-state index in [-0.39, 0.29) is 11.9 Å². The molecule has 28 heavy (non-hydrogen) atoms. The van der Waals surface area contributed by atoms with Crippen molar-refractivity contribution >= 4 is 11.9 Å². The van der Waals surface area contributed by atoms with Gasteiger partial charge in [-0.3, -0.25) is 4.79 Å². The van der Waals surface area contributed by atoms with Crippen LogP contribution in [-0.4, -0.2) is 32.7 Å². The first-order chi connectivity index (χ1) is 13.5. The predicted molar refractivity (Wildman–Crippen MR) is 103 cm³/mol. The highest BCUT2D eigenvalue weighted by Crippen LogP contribution is 2.13. The maximum Gasteiger partial charge on any atom is 0.338 e. The third kappa shape index (κ3) is 5.03. The van der Waals surface area contributed by atoms with E-state index in [0.717, 1.165) is 11.1 Å². The van der Waals surface area contributed by atoms with Crippen LogP contribution in [0.2, 0.25) is 0 Å². The molecule has 0 saturated carbocycles. The van der Waals surface area contributed by atoms with Crippen molar-refractivity contribution in [1.29, 1.82) is 0 Å². The summed E-state index contributed by atoms with van der Waals surface area (Å²) in [7, 11) is 0. The molecule has 0 saturated heterocycles. The average Bonchev–Trinajstić information content (AvgIpc) is 3.22. The Labute approximate surface area is 163 Å². The van der Waals surface area contributed by atoms with Crippen LogP contribution in [0.5, 0.6) is 0 Å². The zero-order valence-corrected chi connectivity index (χ0v) is 15.8.